The van der Waals surface area contributed by atoms with Crippen molar-refractivity contribution in [1.82, 2.24) is 15.1 Å². The number of nitrogens with one attached hydrogen (secondary N) is 1. The molecule has 0 spiro atoms. The molecule has 0 saturated heterocycles. The highest BCUT2D eigenvalue weighted by Gasteiger charge is 2.21. The molecule has 0 bridgehead atoms. The van der Waals surface area contributed by atoms with Gasteiger partial charge in [-0.25, -0.2) is 9.48 Å². The van der Waals surface area contributed by atoms with E-state index in [1.54, 1.807) is 10.9 Å². The molecule has 0 fully saturated rings. The number of carbonyl (C=O) groups is 2. The third kappa shape index (κ3) is 5.10. The molecule has 0 aliphatic carbocycles. The Morgan fingerprint density at radius 1 is 1.10 bits per heavy atom. The first-order chi connectivity index (χ1) is 14.0. The van der Waals surface area contributed by atoms with Gasteiger partial charge in [0.2, 0.25) is 0 Å². The molecule has 1 heterocycles. The Morgan fingerprint density at radius 3 is 2.45 bits per heavy atom. The number of nitrogens with zero attached hydrogens (tertiary/aromatic N) is 2. The van der Waals surface area contributed by atoms with Crippen LogP contribution in [0.4, 0.5) is 0 Å². The Labute approximate surface area is 170 Å². The Kier molecular flexibility index (Phi) is 6.44. The molecule has 0 radical (unpaired) electrons. The van der Waals surface area contributed by atoms with Crippen molar-refractivity contribution >= 4 is 11.9 Å². The van der Waals surface area contributed by atoms with Crippen LogP contribution in [0.2, 0.25) is 0 Å². The average Bonchev–Trinajstić information content (AvgIpc) is 3.18. The van der Waals surface area contributed by atoms with E-state index < -0.39 is 5.97 Å². The van der Waals surface area contributed by atoms with E-state index in [0.29, 0.717) is 11.3 Å². The summed E-state index contributed by atoms with van der Waals surface area (Å²) in [5.74, 6) is -0.901. The van der Waals surface area contributed by atoms with E-state index >= 15 is 0 Å². The van der Waals surface area contributed by atoms with E-state index in [1.807, 2.05) is 75.4 Å². The van der Waals surface area contributed by atoms with Crippen LogP contribution in [0.1, 0.15) is 36.2 Å². The third-order valence-corrected chi connectivity index (χ3v) is 4.63. The molecule has 0 aliphatic heterocycles. The molecule has 1 aromatic heterocycles. The second kappa shape index (κ2) is 9.19. The summed E-state index contributed by atoms with van der Waals surface area (Å²) in [5.41, 5.74) is 3.58. The van der Waals surface area contributed by atoms with Gasteiger partial charge in [-0.3, -0.25) is 4.79 Å². The lowest BCUT2D eigenvalue weighted by Crippen LogP contribution is -2.35. The molecule has 1 amide bonds. The molecule has 0 unspecified atom stereocenters. The second-order valence-electron chi connectivity index (χ2n) is 6.99. The van der Waals surface area contributed by atoms with E-state index in [-0.39, 0.29) is 18.6 Å². The highest BCUT2D eigenvalue weighted by atomic mass is 16.5. The van der Waals surface area contributed by atoms with Crippen LogP contribution in [0.3, 0.4) is 0 Å². The van der Waals surface area contributed by atoms with Crippen LogP contribution in [0, 0.1) is 6.92 Å². The number of benzene rings is 2. The number of para-hydroxylation sites is 1. The number of ether oxygens (including phenoxy) is 1. The van der Waals surface area contributed by atoms with E-state index in [1.165, 1.54) is 0 Å². The Hall–Kier alpha value is -3.41. The number of carbonyl (C=O) groups excluding carboxylic acids is 2. The van der Waals surface area contributed by atoms with Crippen molar-refractivity contribution in [1.29, 1.82) is 0 Å². The quantitative estimate of drug-likeness (QED) is 0.620. The number of rotatable bonds is 7. The summed E-state index contributed by atoms with van der Waals surface area (Å²) in [6.45, 7) is 5.55. The molecular formula is C23H25N3O3. The Balaban J connectivity index is 1.87. The van der Waals surface area contributed by atoms with Gasteiger partial charge >= 0.3 is 5.97 Å². The Morgan fingerprint density at radius 2 is 1.79 bits per heavy atom. The lowest BCUT2D eigenvalue weighted by Gasteiger charge is -2.11. The van der Waals surface area contributed by atoms with Crippen LogP contribution >= 0.6 is 0 Å². The number of hydrogen-bond donors (Lipinski definition) is 1. The maximum absolute atomic E-state index is 12.8. The van der Waals surface area contributed by atoms with Crippen molar-refractivity contribution in [3.8, 4) is 16.9 Å². The third-order valence-electron chi connectivity index (χ3n) is 4.63. The first-order valence-electron chi connectivity index (χ1n) is 9.66. The summed E-state index contributed by atoms with van der Waals surface area (Å²) in [6.07, 6.45) is 2.44. The standard InChI is InChI=1S/C23H25N3O3/c1-4-17(3)24-21(27)15-29-23(28)20-14-26(19-8-6-5-7-9-19)25-22(20)18-12-10-16(2)11-13-18/h5-14,17H,4,15H2,1-3H3,(H,24,27)/t17-/m0/s1. The van der Waals surface area contributed by atoms with E-state index in [2.05, 4.69) is 10.4 Å². The van der Waals surface area contributed by atoms with Crippen molar-refractivity contribution in [3.63, 3.8) is 0 Å². The molecule has 29 heavy (non-hydrogen) atoms. The summed E-state index contributed by atoms with van der Waals surface area (Å²) >= 11 is 0. The Bertz CT molecular complexity index is 978. The zero-order valence-electron chi connectivity index (χ0n) is 16.9. The fourth-order valence-corrected chi connectivity index (χ4v) is 2.79. The highest BCUT2D eigenvalue weighted by Crippen LogP contribution is 2.25. The molecule has 0 saturated carbocycles. The van der Waals surface area contributed by atoms with Crippen LogP contribution in [0.25, 0.3) is 16.9 Å². The molecule has 3 rings (SSSR count). The van der Waals surface area contributed by atoms with Gasteiger partial charge in [-0.2, -0.15) is 5.10 Å². The maximum atomic E-state index is 12.8. The van der Waals surface area contributed by atoms with Gasteiger partial charge in [-0.15, -0.1) is 0 Å². The molecule has 1 N–H and O–H groups in total. The lowest BCUT2D eigenvalue weighted by atomic mass is 10.1. The van der Waals surface area contributed by atoms with Crippen molar-refractivity contribution in [2.24, 2.45) is 0 Å². The smallest absolute Gasteiger partial charge is 0.342 e. The van der Waals surface area contributed by atoms with Gasteiger partial charge in [-0.1, -0.05) is 55.0 Å². The molecule has 1 atom stereocenters. The zero-order chi connectivity index (χ0) is 20.8. The van der Waals surface area contributed by atoms with Crippen LogP contribution in [0.5, 0.6) is 0 Å². The normalized spacial score (nSPS) is 11.7. The molecule has 6 nitrogen and oxygen atoms in total. The lowest BCUT2D eigenvalue weighted by molar-refractivity contribution is -0.124. The zero-order valence-corrected chi connectivity index (χ0v) is 16.9. The van der Waals surface area contributed by atoms with Gasteiger partial charge < -0.3 is 10.1 Å². The van der Waals surface area contributed by atoms with Gasteiger partial charge in [0.1, 0.15) is 11.3 Å². The predicted octanol–water partition coefficient (Wildman–Crippen LogP) is 3.92. The summed E-state index contributed by atoms with van der Waals surface area (Å²) in [6, 6.07) is 17.3. The minimum Gasteiger partial charge on any atom is -0.452 e. The minimum atomic E-state index is -0.581. The molecule has 6 heteroatoms. The molecular weight excluding hydrogens is 366 g/mol. The fraction of sp³-hybridized carbons (Fsp3) is 0.261. The summed E-state index contributed by atoms with van der Waals surface area (Å²) < 4.78 is 6.91. The molecule has 0 aliphatic rings. The van der Waals surface area contributed by atoms with Crippen LogP contribution < -0.4 is 5.32 Å². The van der Waals surface area contributed by atoms with Gasteiger partial charge in [0.25, 0.3) is 5.91 Å². The SMILES string of the molecule is CC[C@H](C)NC(=O)COC(=O)c1cn(-c2ccccc2)nc1-c1ccc(C)cc1. The van der Waals surface area contributed by atoms with Crippen molar-refractivity contribution in [2.45, 2.75) is 33.2 Å². The summed E-state index contributed by atoms with van der Waals surface area (Å²) in [5, 5.41) is 7.39. The second-order valence-corrected chi connectivity index (χ2v) is 6.99. The topological polar surface area (TPSA) is 73.2 Å². The van der Waals surface area contributed by atoms with Gasteiger partial charge in [0.15, 0.2) is 6.61 Å². The number of esters is 1. The first kappa shape index (κ1) is 20.3. The van der Waals surface area contributed by atoms with Crippen LogP contribution in [-0.2, 0) is 9.53 Å². The monoisotopic (exact) mass is 391 g/mol. The van der Waals surface area contributed by atoms with Crippen LogP contribution in [0.15, 0.2) is 60.8 Å². The summed E-state index contributed by atoms with van der Waals surface area (Å²) in [4.78, 5) is 24.7. The molecule has 3 aromatic rings. The fourth-order valence-electron chi connectivity index (χ4n) is 2.79. The van der Waals surface area contributed by atoms with Gasteiger partial charge in [0, 0.05) is 17.8 Å². The molecule has 2 aromatic carbocycles. The highest BCUT2D eigenvalue weighted by molar-refractivity contribution is 5.97. The van der Waals surface area contributed by atoms with Gasteiger partial charge in [0.05, 0.1) is 5.69 Å². The van der Waals surface area contributed by atoms with Crippen molar-refractivity contribution in [3.05, 3.63) is 71.9 Å². The van der Waals surface area contributed by atoms with Crippen molar-refractivity contribution < 1.29 is 14.3 Å². The molecule has 150 valence electrons. The first-order valence-corrected chi connectivity index (χ1v) is 9.66. The van der Waals surface area contributed by atoms with Gasteiger partial charge in [-0.05, 0) is 32.4 Å². The maximum Gasteiger partial charge on any atom is 0.342 e. The van der Waals surface area contributed by atoms with E-state index in [4.69, 9.17) is 4.74 Å². The summed E-state index contributed by atoms with van der Waals surface area (Å²) in [7, 11) is 0. The van der Waals surface area contributed by atoms with Crippen molar-refractivity contribution in [2.75, 3.05) is 6.61 Å². The van der Waals surface area contributed by atoms with E-state index in [9.17, 15) is 9.59 Å². The number of hydrogen-bond acceptors (Lipinski definition) is 4. The predicted molar refractivity (Wildman–Crippen MR) is 112 cm³/mol. The number of amides is 1. The van der Waals surface area contributed by atoms with E-state index in [0.717, 1.165) is 23.2 Å². The van der Waals surface area contributed by atoms with Crippen LogP contribution in [-0.4, -0.2) is 34.3 Å². The average molecular weight is 391 g/mol. The number of aromatic nitrogens is 2. The largest absolute Gasteiger partial charge is 0.452 e. The number of aryl methyl sites for hydroxylation is 1. The minimum absolute atomic E-state index is 0.0325.